The lowest BCUT2D eigenvalue weighted by molar-refractivity contribution is -0.132. The first-order valence-electron chi connectivity index (χ1n) is 7.48. The summed E-state index contributed by atoms with van der Waals surface area (Å²) in [5.74, 6) is 0.0989. The normalized spacial score (nSPS) is 21.9. The molecule has 0 spiro atoms. The fraction of sp³-hybridized carbons (Fsp3) is 0.500. The van der Waals surface area contributed by atoms with Gasteiger partial charge in [0.05, 0.1) is 6.54 Å². The van der Waals surface area contributed by atoms with Gasteiger partial charge in [-0.1, -0.05) is 31.5 Å². The van der Waals surface area contributed by atoms with Crippen molar-refractivity contribution in [1.29, 1.82) is 0 Å². The molecule has 1 saturated heterocycles. The summed E-state index contributed by atoms with van der Waals surface area (Å²) in [5, 5.41) is 2.68. The van der Waals surface area contributed by atoms with E-state index in [0.29, 0.717) is 24.6 Å². The third kappa shape index (κ3) is 4.04. The molecule has 2 rings (SSSR count). The Kier molecular flexibility index (Phi) is 5.33. The van der Waals surface area contributed by atoms with Crippen molar-refractivity contribution in [2.45, 2.75) is 25.8 Å². The summed E-state index contributed by atoms with van der Waals surface area (Å²) in [6.07, 6.45) is 1.80. The highest BCUT2D eigenvalue weighted by Crippen LogP contribution is 2.18. The number of amides is 2. The van der Waals surface area contributed by atoms with Crippen molar-refractivity contribution < 1.29 is 9.59 Å². The van der Waals surface area contributed by atoms with Crippen LogP contribution in [0, 0.1) is 5.92 Å². The van der Waals surface area contributed by atoms with Crippen LogP contribution in [0.3, 0.4) is 0 Å². The maximum absolute atomic E-state index is 12.2. The van der Waals surface area contributed by atoms with Crippen LogP contribution in [0.15, 0.2) is 30.3 Å². The predicted molar refractivity (Wildman–Crippen MR) is 81.7 cm³/mol. The molecule has 1 heterocycles. The maximum Gasteiger partial charge on any atom is 0.251 e. The van der Waals surface area contributed by atoms with Crippen LogP contribution in [0.5, 0.6) is 0 Å². The minimum atomic E-state index is -0.218. The van der Waals surface area contributed by atoms with Crippen LogP contribution in [0.4, 0.5) is 0 Å². The summed E-state index contributed by atoms with van der Waals surface area (Å²) in [5.41, 5.74) is 6.61. The molecular formula is C16H23N3O2. The number of likely N-dealkylation sites (tertiary alicyclic amines) is 1. The number of hydrogen-bond donors (Lipinski definition) is 2. The third-order valence-electron chi connectivity index (χ3n) is 4.11. The highest BCUT2D eigenvalue weighted by Gasteiger charge is 2.27. The molecule has 21 heavy (non-hydrogen) atoms. The number of carbonyl (C=O) groups is 2. The quantitative estimate of drug-likeness (QED) is 0.868. The van der Waals surface area contributed by atoms with E-state index in [9.17, 15) is 9.59 Å². The lowest BCUT2D eigenvalue weighted by Crippen LogP contribution is -2.51. The number of nitrogens with one attached hydrogen (secondary N) is 1. The van der Waals surface area contributed by atoms with E-state index >= 15 is 0 Å². The second-order valence-electron chi connectivity index (χ2n) is 5.51. The Balaban J connectivity index is 1.83. The average Bonchev–Trinajstić information content (AvgIpc) is 2.53. The second kappa shape index (κ2) is 7.22. The van der Waals surface area contributed by atoms with Crippen molar-refractivity contribution in [3.63, 3.8) is 0 Å². The molecule has 2 amide bonds. The molecule has 1 aromatic carbocycles. The summed E-state index contributed by atoms with van der Waals surface area (Å²) in [4.78, 5) is 25.9. The van der Waals surface area contributed by atoms with Gasteiger partial charge in [0.1, 0.15) is 0 Å². The number of hydrogen-bond acceptors (Lipinski definition) is 3. The first-order valence-corrected chi connectivity index (χ1v) is 7.48. The fourth-order valence-corrected chi connectivity index (χ4v) is 2.67. The molecule has 0 aliphatic carbocycles. The molecule has 1 aliphatic heterocycles. The first-order chi connectivity index (χ1) is 10.1. The van der Waals surface area contributed by atoms with Crippen molar-refractivity contribution in [1.82, 2.24) is 10.2 Å². The van der Waals surface area contributed by atoms with E-state index in [1.54, 1.807) is 24.3 Å². The standard InChI is InChI=1S/C16H23N3O2/c1-2-12-11-19(9-8-14(12)17)15(20)10-18-16(21)13-6-4-3-5-7-13/h3-7,12,14H,2,8-11,17H2,1H3,(H,18,21). The van der Waals surface area contributed by atoms with Gasteiger partial charge in [-0.05, 0) is 24.5 Å². The molecule has 1 aromatic rings. The lowest BCUT2D eigenvalue weighted by Gasteiger charge is -2.36. The molecule has 1 aliphatic rings. The topological polar surface area (TPSA) is 75.4 Å². The number of nitrogens with zero attached hydrogens (tertiary/aromatic N) is 1. The van der Waals surface area contributed by atoms with Crippen LogP contribution in [0.1, 0.15) is 30.1 Å². The smallest absolute Gasteiger partial charge is 0.251 e. The molecule has 0 bridgehead atoms. The summed E-state index contributed by atoms with van der Waals surface area (Å²) < 4.78 is 0. The van der Waals surface area contributed by atoms with Crippen LogP contribution < -0.4 is 11.1 Å². The van der Waals surface area contributed by atoms with Crippen molar-refractivity contribution in [2.75, 3.05) is 19.6 Å². The summed E-state index contributed by atoms with van der Waals surface area (Å²) in [6, 6.07) is 9.09. The Morgan fingerprint density at radius 2 is 2.05 bits per heavy atom. The van der Waals surface area contributed by atoms with Crippen LogP contribution in [-0.2, 0) is 4.79 Å². The van der Waals surface area contributed by atoms with Gasteiger partial charge >= 0.3 is 0 Å². The molecule has 0 aromatic heterocycles. The van der Waals surface area contributed by atoms with Gasteiger partial charge in [0.25, 0.3) is 5.91 Å². The highest BCUT2D eigenvalue weighted by molar-refractivity contribution is 5.96. The number of benzene rings is 1. The third-order valence-corrected chi connectivity index (χ3v) is 4.11. The van der Waals surface area contributed by atoms with Gasteiger partial charge in [0.2, 0.25) is 5.91 Å². The molecule has 0 radical (unpaired) electrons. The van der Waals surface area contributed by atoms with Crippen molar-refractivity contribution in [3.8, 4) is 0 Å². The predicted octanol–water partition coefficient (Wildman–Crippen LogP) is 1.00. The van der Waals surface area contributed by atoms with Gasteiger partial charge in [0.15, 0.2) is 0 Å². The van der Waals surface area contributed by atoms with Gasteiger partial charge in [0, 0.05) is 24.7 Å². The zero-order valence-electron chi connectivity index (χ0n) is 12.4. The minimum Gasteiger partial charge on any atom is -0.343 e. The monoisotopic (exact) mass is 289 g/mol. The minimum absolute atomic E-state index is 0.0374. The molecule has 3 N–H and O–H groups in total. The van der Waals surface area contributed by atoms with E-state index in [0.717, 1.165) is 12.8 Å². The number of piperidine rings is 1. The first kappa shape index (κ1) is 15.5. The van der Waals surface area contributed by atoms with Gasteiger partial charge < -0.3 is 16.0 Å². The van der Waals surface area contributed by atoms with Gasteiger partial charge in [-0.2, -0.15) is 0 Å². The van der Waals surface area contributed by atoms with Crippen molar-refractivity contribution in [2.24, 2.45) is 11.7 Å². The van der Waals surface area contributed by atoms with Crippen LogP contribution in [-0.4, -0.2) is 42.4 Å². The zero-order chi connectivity index (χ0) is 15.2. The number of nitrogens with two attached hydrogens (primary N) is 1. The Bertz CT molecular complexity index is 490. The van der Waals surface area contributed by atoms with E-state index < -0.39 is 0 Å². The molecule has 0 saturated carbocycles. The SMILES string of the molecule is CCC1CN(C(=O)CNC(=O)c2ccccc2)CCC1N. The van der Waals surface area contributed by atoms with E-state index in [4.69, 9.17) is 5.73 Å². The molecule has 5 heteroatoms. The Labute approximate surface area is 125 Å². The van der Waals surface area contributed by atoms with Crippen LogP contribution >= 0.6 is 0 Å². The maximum atomic E-state index is 12.2. The summed E-state index contributed by atoms with van der Waals surface area (Å²) in [6.45, 7) is 3.50. The molecule has 2 atom stereocenters. The van der Waals surface area contributed by atoms with E-state index in [2.05, 4.69) is 12.2 Å². The lowest BCUT2D eigenvalue weighted by atomic mass is 9.91. The zero-order valence-corrected chi connectivity index (χ0v) is 12.4. The molecule has 5 nitrogen and oxygen atoms in total. The largest absolute Gasteiger partial charge is 0.343 e. The summed E-state index contributed by atoms with van der Waals surface area (Å²) in [7, 11) is 0. The van der Waals surface area contributed by atoms with E-state index in [1.165, 1.54) is 0 Å². The summed E-state index contributed by atoms with van der Waals surface area (Å²) >= 11 is 0. The Hall–Kier alpha value is -1.88. The number of carbonyl (C=O) groups excluding carboxylic acids is 2. The van der Waals surface area contributed by atoms with E-state index in [1.807, 2.05) is 11.0 Å². The molecule has 114 valence electrons. The number of rotatable bonds is 4. The molecule has 2 unspecified atom stereocenters. The Morgan fingerprint density at radius 3 is 2.71 bits per heavy atom. The van der Waals surface area contributed by atoms with Crippen molar-refractivity contribution >= 4 is 11.8 Å². The van der Waals surface area contributed by atoms with Gasteiger partial charge in [-0.25, -0.2) is 0 Å². The second-order valence-corrected chi connectivity index (χ2v) is 5.51. The fourth-order valence-electron chi connectivity index (χ4n) is 2.67. The highest BCUT2D eigenvalue weighted by atomic mass is 16.2. The van der Waals surface area contributed by atoms with Gasteiger partial charge in [-0.15, -0.1) is 0 Å². The van der Waals surface area contributed by atoms with Crippen molar-refractivity contribution in [3.05, 3.63) is 35.9 Å². The van der Waals surface area contributed by atoms with Gasteiger partial charge in [-0.3, -0.25) is 9.59 Å². The molecular weight excluding hydrogens is 266 g/mol. The average molecular weight is 289 g/mol. The van der Waals surface area contributed by atoms with Crippen LogP contribution in [0.2, 0.25) is 0 Å². The van der Waals surface area contributed by atoms with E-state index in [-0.39, 0.29) is 24.4 Å². The van der Waals surface area contributed by atoms with Crippen LogP contribution in [0.25, 0.3) is 0 Å². The Morgan fingerprint density at radius 1 is 1.33 bits per heavy atom. The molecule has 1 fully saturated rings.